The van der Waals surface area contributed by atoms with Gasteiger partial charge in [0.2, 0.25) is 5.91 Å². The smallest absolute Gasteiger partial charge is 0.272 e. The van der Waals surface area contributed by atoms with Crippen molar-refractivity contribution < 1.29 is 14.4 Å². The molecule has 0 aromatic heterocycles. The lowest BCUT2D eigenvalue weighted by Crippen LogP contribution is -2.30. The summed E-state index contributed by atoms with van der Waals surface area (Å²) in [6.07, 6.45) is 1.64. The Kier molecular flexibility index (Phi) is 10.9. The molecule has 0 aliphatic rings. The first-order valence-electron chi connectivity index (χ1n) is 14.3. The van der Waals surface area contributed by atoms with Crippen molar-refractivity contribution in [3.05, 3.63) is 165 Å². The average molecular weight is 667 g/mol. The predicted molar refractivity (Wildman–Crippen MR) is 188 cm³/mol. The van der Waals surface area contributed by atoms with Crippen LogP contribution in [-0.2, 0) is 9.59 Å². The number of carbonyl (C=O) groups is 3. The second-order valence-electron chi connectivity index (χ2n) is 10.3. The summed E-state index contributed by atoms with van der Waals surface area (Å²) in [5, 5.41) is 8.77. The lowest BCUT2D eigenvalue weighted by Gasteiger charge is -2.18. The van der Waals surface area contributed by atoms with Crippen LogP contribution in [0.15, 0.2) is 138 Å². The summed E-state index contributed by atoms with van der Waals surface area (Å²) in [7, 11) is 0. The molecule has 3 N–H and O–H groups in total. The highest BCUT2D eigenvalue weighted by Gasteiger charge is 2.23. The average Bonchev–Trinajstić information content (AvgIpc) is 3.06. The number of hydrogen-bond donors (Lipinski definition) is 3. The Bertz CT molecular complexity index is 1880. The number of benzene rings is 5. The molecule has 0 saturated carbocycles. The third kappa shape index (κ3) is 8.88. The molecule has 1 unspecified atom stereocenters. The van der Waals surface area contributed by atoms with Crippen LogP contribution in [0, 0.1) is 6.92 Å². The number of amides is 3. The molecule has 3 amide bonds. The van der Waals surface area contributed by atoms with Crippen LogP contribution in [-0.4, -0.2) is 17.7 Å². The zero-order valence-corrected chi connectivity index (χ0v) is 27.0. The number of halogens is 2. The fraction of sp³-hybridized carbons (Fsp3) is 0.0541. The summed E-state index contributed by atoms with van der Waals surface area (Å²) < 4.78 is 0. The molecule has 5 rings (SSSR count). The van der Waals surface area contributed by atoms with Gasteiger partial charge >= 0.3 is 0 Å². The Labute approximate surface area is 281 Å². The van der Waals surface area contributed by atoms with Crippen molar-refractivity contribution in [2.45, 2.75) is 17.1 Å². The Hall–Kier alpha value is -4.82. The van der Waals surface area contributed by atoms with Crippen molar-refractivity contribution in [1.29, 1.82) is 0 Å². The Morgan fingerprint density at radius 3 is 2.13 bits per heavy atom. The topological polar surface area (TPSA) is 87.3 Å². The van der Waals surface area contributed by atoms with E-state index in [1.165, 1.54) is 11.8 Å². The Morgan fingerprint density at radius 1 is 0.739 bits per heavy atom. The molecule has 0 aliphatic carbocycles. The van der Waals surface area contributed by atoms with Gasteiger partial charge in [-0.25, -0.2) is 0 Å². The fourth-order valence-electron chi connectivity index (χ4n) is 4.51. The van der Waals surface area contributed by atoms with E-state index in [9.17, 15) is 14.4 Å². The normalized spacial score (nSPS) is 11.8. The molecule has 0 spiro atoms. The highest BCUT2D eigenvalue weighted by Crippen LogP contribution is 2.37. The molecule has 0 radical (unpaired) electrons. The molecule has 0 bridgehead atoms. The van der Waals surface area contributed by atoms with Gasteiger partial charge in [0.25, 0.3) is 11.8 Å². The SMILES string of the molecule is Cc1cccc(/C=C(\NC(=O)c2ccccc2)C(=O)Nc2ccc(SC(C(=O)Nc3cc(Cl)ccc3Cl)c3ccccc3)cc2)c1. The van der Waals surface area contributed by atoms with Crippen LogP contribution in [0.2, 0.25) is 10.0 Å². The predicted octanol–water partition coefficient (Wildman–Crippen LogP) is 9.18. The molecule has 5 aromatic carbocycles. The third-order valence-electron chi connectivity index (χ3n) is 6.77. The van der Waals surface area contributed by atoms with Crippen molar-refractivity contribution in [1.82, 2.24) is 5.32 Å². The van der Waals surface area contributed by atoms with Gasteiger partial charge in [-0.3, -0.25) is 14.4 Å². The summed E-state index contributed by atoms with van der Waals surface area (Å²) in [4.78, 5) is 40.7. The summed E-state index contributed by atoms with van der Waals surface area (Å²) in [5.74, 6) is -1.14. The molecular weight excluding hydrogens is 637 g/mol. The molecule has 6 nitrogen and oxygen atoms in total. The van der Waals surface area contributed by atoms with Gasteiger partial charge < -0.3 is 16.0 Å². The number of anilines is 2. The van der Waals surface area contributed by atoms with Crippen LogP contribution < -0.4 is 16.0 Å². The number of rotatable bonds is 10. The lowest BCUT2D eigenvalue weighted by molar-refractivity contribution is -0.116. The van der Waals surface area contributed by atoms with Gasteiger partial charge in [0, 0.05) is 21.2 Å². The number of aryl methyl sites for hydroxylation is 1. The quantitative estimate of drug-likeness (QED) is 0.103. The number of nitrogens with one attached hydrogen (secondary N) is 3. The highest BCUT2D eigenvalue weighted by atomic mass is 35.5. The first-order valence-corrected chi connectivity index (χ1v) is 15.9. The molecule has 46 heavy (non-hydrogen) atoms. The zero-order chi connectivity index (χ0) is 32.5. The van der Waals surface area contributed by atoms with Crippen LogP contribution in [0.5, 0.6) is 0 Å². The maximum atomic E-state index is 13.5. The van der Waals surface area contributed by atoms with Gasteiger partial charge in [0.15, 0.2) is 0 Å². The first kappa shape index (κ1) is 32.6. The zero-order valence-electron chi connectivity index (χ0n) is 24.7. The second kappa shape index (κ2) is 15.5. The Morgan fingerprint density at radius 2 is 1.43 bits per heavy atom. The van der Waals surface area contributed by atoms with Crippen LogP contribution in [0.4, 0.5) is 11.4 Å². The van der Waals surface area contributed by atoms with Crippen molar-refractivity contribution in [2.24, 2.45) is 0 Å². The van der Waals surface area contributed by atoms with E-state index in [4.69, 9.17) is 23.2 Å². The molecule has 5 aromatic rings. The Balaban J connectivity index is 1.33. The summed E-state index contributed by atoms with van der Waals surface area (Å²) >= 11 is 13.8. The monoisotopic (exact) mass is 665 g/mol. The maximum Gasteiger partial charge on any atom is 0.272 e. The third-order valence-corrected chi connectivity index (χ3v) is 8.61. The maximum absolute atomic E-state index is 13.5. The fourth-order valence-corrected chi connectivity index (χ4v) is 5.87. The van der Waals surface area contributed by atoms with Crippen LogP contribution >= 0.6 is 35.0 Å². The van der Waals surface area contributed by atoms with Gasteiger partial charge in [0.1, 0.15) is 10.9 Å². The van der Waals surface area contributed by atoms with Crippen molar-refractivity contribution in [3.63, 3.8) is 0 Å². The van der Waals surface area contributed by atoms with E-state index in [2.05, 4.69) is 16.0 Å². The van der Waals surface area contributed by atoms with E-state index < -0.39 is 17.1 Å². The number of thioether (sulfide) groups is 1. The van der Waals surface area contributed by atoms with Crippen LogP contribution in [0.1, 0.15) is 32.3 Å². The van der Waals surface area contributed by atoms with Crippen LogP contribution in [0.3, 0.4) is 0 Å². The molecule has 1 atom stereocenters. The van der Waals surface area contributed by atoms with E-state index in [0.717, 1.165) is 21.6 Å². The van der Waals surface area contributed by atoms with E-state index in [1.807, 2.05) is 79.7 Å². The van der Waals surface area contributed by atoms with Crippen molar-refractivity contribution >= 4 is 70.1 Å². The van der Waals surface area contributed by atoms with E-state index in [-0.39, 0.29) is 11.6 Å². The minimum atomic E-state index is -0.603. The van der Waals surface area contributed by atoms with Crippen molar-refractivity contribution in [2.75, 3.05) is 10.6 Å². The highest BCUT2D eigenvalue weighted by molar-refractivity contribution is 8.00. The molecule has 0 fully saturated rings. The van der Waals surface area contributed by atoms with Crippen molar-refractivity contribution in [3.8, 4) is 0 Å². The van der Waals surface area contributed by atoms with Gasteiger partial charge in [-0.05, 0) is 78.7 Å². The van der Waals surface area contributed by atoms with E-state index in [1.54, 1.807) is 60.7 Å². The standard InChI is InChI=1S/C37H29Cl2N3O3S/c1-24-9-8-10-25(21-24)22-33(42-35(43)27-13-6-3-7-14-27)36(44)40-29-16-18-30(19-17-29)46-34(26-11-4-2-5-12-26)37(45)41-32-23-28(38)15-20-31(32)39/h2-23,34H,1H3,(H,40,44)(H,41,45)(H,42,43)/b33-22-. The van der Waals surface area contributed by atoms with Gasteiger partial charge in [-0.1, -0.05) is 102 Å². The number of carbonyl (C=O) groups excluding carboxylic acids is 3. The molecule has 230 valence electrons. The first-order chi connectivity index (χ1) is 22.2. The lowest BCUT2D eigenvalue weighted by atomic mass is 10.1. The molecule has 9 heteroatoms. The minimum Gasteiger partial charge on any atom is -0.323 e. The largest absolute Gasteiger partial charge is 0.323 e. The molecule has 0 aliphatic heterocycles. The molecule has 0 saturated heterocycles. The van der Waals surface area contributed by atoms with Gasteiger partial charge in [-0.2, -0.15) is 0 Å². The molecular formula is C37H29Cl2N3O3S. The second-order valence-corrected chi connectivity index (χ2v) is 12.3. The molecule has 0 heterocycles. The summed E-state index contributed by atoms with van der Waals surface area (Å²) in [6.45, 7) is 1.96. The number of hydrogen-bond acceptors (Lipinski definition) is 4. The minimum absolute atomic E-state index is 0.0957. The summed E-state index contributed by atoms with van der Waals surface area (Å²) in [5.41, 5.74) is 4.07. The summed E-state index contributed by atoms with van der Waals surface area (Å²) in [6, 6.07) is 37.8. The van der Waals surface area contributed by atoms with Gasteiger partial charge in [0.05, 0.1) is 10.7 Å². The van der Waals surface area contributed by atoms with E-state index in [0.29, 0.717) is 27.0 Å². The van der Waals surface area contributed by atoms with Crippen LogP contribution in [0.25, 0.3) is 6.08 Å². The van der Waals surface area contributed by atoms with E-state index >= 15 is 0 Å². The van der Waals surface area contributed by atoms with Gasteiger partial charge in [-0.15, -0.1) is 11.8 Å².